The number of ether oxygens (including phenoxy) is 1. The van der Waals surface area contributed by atoms with E-state index in [-0.39, 0.29) is 18.6 Å². The number of carboxylic acid groups (broad SMARTS) is 1. The summed E-state index contributed by atoms with van der Waals surface area (Å²) in [5, 5.41) is 11.8. The Labute approximate surface area is 106 Å². The van der Waals surface area contributed by atoms with Crippen molar-refractivity contribution in [3.63, 3.8) is 0 Å². The standard InChI is InChI=1S/C12H20N2O4/c1-8(11(15)16)6-14-7-10(13-12(14)17)9-2-4-18-5-3-9/h8-10H,2-7H2,1H3,(H,13,17)(H,15,16). The van der Waals surface area contributed by atoms with E-state index in [1.807, 2.05) is 0 Å². The molecular weight excluding hydrogens is 236 g/mol. The molecule has 2 aliphatic rings. The van der Waals surface area contributed by atoms with E-state index in [1.165, 1.54) is 0 Å². The van der Waals surface area contributed by atoms with Gasteiger partial charge in [-0.05, 0) is 18.8 Å². The van der Waals surface area contributed by atoms with Gasteiger partial charge in [0.05, 0.1) is 12.0 Å². The van der Waals surface area contributed by atoms with Gasteiger partial charge in [0.25, 0.3) is 0 Å². The van der Waals surface area contributed by atoms with Crippen LogP contribution in [0.4, 0.5) is 4.79 Å². The topological polar surface area (TPSA) is 78.9 Å². The Hall–Kier alpha value is -1.30. The fourth-order valence-electron chi connectivity index (χ4n) is 2.57. The Morgan fingerprint density at radius 2 is 2.22 bits per heavy atom. The number of amides is 2. The molecule has 0 radical (unpaired) electrons. The third-order valence-electron chi connectivity index (χ3n) is 3.76. The third kappa shape index (κ3) is 2.93. The molecule has 0 aliphatic carbocycles. The van der Waals surface area contributed by atoms with Gasteiger partial charge in [-0.25, -0.2) is 4.79 Å². The van der Waals surface area contributed by atoms with E-state index in [4.69, 9.17) is 9.84 Å². The quantitative estimate of drug-likeness (QED) is 0.769. The first-order chi connectivity index (χ1) is 8.58. The van der Waals surface area contributed by atoms with Gasteiger partial charge < -0.3 is 20.1 Å². The number of carbonyl (C=O) groups excluding carboxylic acids is 1. The van der Waals surface area contributed by atoms with E-state index in [0.29, 0.717) is 12.5 Å². The maximum Gasteiger partial charge on any atom is 0.317 e. The van der Waals surface area contributed by atoms with Gasteiger partial charge >= 0.3 is 12.0 Å². The van der Waals surface area contributed by atoms with Crippen molar-refractivity contribution in [3.05, 3.63) is 0 Å². The normalized spacial score (nSPS) is 27.1. The van der Waals surface area contributed by atoms with Crippen molar-refractivity contribution < 1.29 is 19.4 Å². The molecule has 2 N–H and O–H groups in total. The number of carboxylic acids is 1. The maximum atomic E-state index is 11.8. The zero-order valence-electron chi connectivity index (χ0n) is 10.6. The average Bonchev–Trinajstić information content (AvgIpc) is 2.72. The van der Waals surface area contributed by atoms with E-state index < -0.39 is 11.9 Å². The van der Waals surface area contributed by atoms with Crippen molar-refractivity contribution in [3.8, 4) is 0 Å². The van der Waals surface area contributed by atoms with Crippen molar-refractivity contribution >= 4 is 12.0 Å². The largest absolute Gasteiger partial charge is 0.481 e. The minimum absolute atomic E-state index is 0.139. The molecule has 102 valence electrons. The monoisotopic (exact) mass is 256 g/mol. The summed E-state index contributed by atoms with van der Waals surface area (Å²) in [5.74, 6) is -0.936. The zero-order valence-corrected chi connectivity index (χ0v) is 10.6. The zero-order chi connectivity index (χ0) is 13.1. The Kier molecular flexibility index (Phi) is 4.06. The molecule has 0 bridgehead atoms. The van der Waals surface area contributed by atoms with Gasteiger partial charge in [-0.1, -0.05) is 6.92 Å². The van der Waals surface area contributed by atoms with Crippen LogP contribution in [0.25, 0.3) is 0 Å². The number of rotatable bonds is 4. The molecule has 0 aromatic rings. The van der Waals surface area contributed by atoms with E-state index in [1.54, 1.807) is 11.8 Å². The van der Waals surface area contributed by atoms with Crippen LogP contribution in [-0.2, 0) is 9.53 Å². The second-order valence-electron chi connectivity index (χ2n) is 5.15. The molecule has 6 nitrogen and oxygen atoms in total. The lowest BCUT2D eigenvalue weighted by molar-refractivity contribution is -0.141. The second kappa shape index (κ2) is 5.56. The number of hydrogen-bond acceptors (Lipinski definition) is 3. The molecule has 0 spiro atoms. The highest BCUT2D eigenvalue weighted by Gasteiger charge is 2.35. The number of carbonyl (C=O) groups is 2. The van der Waals surface area contributed by atoms with Gasteiger partial charge in [0, 0.05) is 26.3 Å². The summed E-state index contributed by atoms with van der Waals surface area (Å²) < 4.78 is 5.30. The van der Waals surface area contributed by atoms with Gasteiger partial charge in [0.1, 0.15) is 0 Å². The molecule has 18 heavy (non-hydrogen) atoms. The first kappa shape index (κ1) is 13.1. The van der Waals surface area contributed by atoms with Crippen LogP contribution in [0.15, 0.2) is 0 Å². The summed E-state index contributed by atoms with van der Waals surface area (Å²) in [6.07, 6.45) is 1.93. The molecule has 2 rings (SSSR count). The minimum atomic E-state index is -0.864. The highest BCUT2D eigenvalue weighted by molar-refractivity contribution is 5.78. The predicted octanol–water partition coefficient (Wildman–Crippen LogP) is 0.527. The lowest BCUT2D eigenvalue weighted by Crippen LogP contribution is -2.37. The molecule has 2 fully saturated rings. The van der Waals surface area contributed by atoms with Crippen molar-refractivity contribution in [1.29, 1.82) is 0 Å². The van der Waals surface area contributed by atoms with Gasteiger partial charge in [-0.3, -0.25) is 4.79 Å². The predicted molar refractivity (Wildman–Crippen MR) is 64.2 cm³/mol. The molecule has 2 amide bonds. The van der Waals surface area contributed by atoms with Crippen LogP contribution in [0, 0.1) is 11.8 Å². The summed E-state index contributed by atoms with van der Waals surface area (Å²) in [6.45, 7) is 4.02. The van der Waals surface area contributed by atoms with Gasteiger partial charge in [-0.2, -0.15) is 0 Å². The van der Waals surface area contributed by atoms with E-state index in [9.17, 15) is 9.59 Å². The number of urea groups is 1. The molecule has 0 aromatic carbocycles. The smallest absolute Gasteiger partial charge is 0.317 e. The van der Waals surface area contributed by atoms with E-state index in [0.717, 1.165) is 26.1 Å². The Morgan fingerprint density at radius 3 is 2.83 bits per heavy atom. The van der Waals surface area contributed by atoms with Crippen LogP contribution in [0.2, 0.25) is 0 Å². The number of aliphatic carboxylic acids is 1. The summed E-state index contributed by atoms with van der Waals surface area (Å²) in [6, 6.07) is 0.00184. The van der Waals surface area contributed by atoms with Gasteiger partial charge in [0.2, 0.25) is 0 Å². The summed E-state index contributed by atoms with van der Waals surface area (Å²) in [7, 11) is 0. The number of nitrogens with one attached hydrogen (secondary N) is 1. The van der Waals surface area contributed by atoms with Crippen LogP contribution in [0.3, 0.4) is 0 Å². The van der Waals surface area contributed by atoms with Crippen molar-refractivity contribution in [1.82, 2.24) is 10.2 Å². The molecule has 0 aromatic heterocycles. The van der Waals surface area contributed by atoms with Crippen LogP contribution in [0.1, 0.15) is 19.8 Å². The van der Waals surface area contributed by atoms with E-state index in [2.05, 4.69) is 5.32 Å². The Bertz CT molecular complexity index is 328. The van der Waals surface area contributed by atoms with Crippen molar-refractivity contribution in [2.45, 2.75) is 25.8 Å². The lowest BCUT2D eigenvalue weighted by atomic mass is 9.92. The van der Waals surface area contributed by atoms with Crippen LogP contribution in [-0.4, -0.2) is 54.4 Å². The second-order valence-corrected chi connectivity index (χ2v) is 5.15. The maximum absolute atomic E-state index is 11.8. The van der Waals surface area contributed by atoms with Crippen molar-refractivity contribution in [2.24, 2.45) is 11.8 Å². The molecule has 2 heterocycles. The van der Waals surface area contributed by atoms with Crippen molar-refractivity contribution in [2.75, 3.05) is 26.3 Å². The summed E-state index contributed by atoms with van der Waals surface area (Å²) in [5.41, 5.74) is 0. The molecule has 0 saturated carbocycles. The van der Waals surface area contributed by atoms with Crippen LogP contribution in [0.5, 0.6) is 0 Å². The van der Waals surface area contributed by atoms with Crippen LogP contribution >= 0.6 is 0 Å². The molecule has 2 atom stereocenters. The summed E-state index contributed by atoms with van der Waals surface area (Å²) >= 11 is 0. The first-order valence-corrected chi connectivity index (χ1v) is 6.44. The number of nitrogens with zero attached hydrogens (tertiary/aromatic N) is 1. The minimum Gasteiger partial charge on any atom is -0.481 e. The molecule has 2 unspecified atom stereocenters. The SMILES string of the molecule is CC(CN1CC(C2CCOCC2)NC1=O)C(=O)O. The first-order valence-electron chi connectivity index (χ1n) is 6.44. The fraction of sp³-hybridized carbons (Fsp3) is 0.833. The lowest BCUT2D eigenvalue weighted by Gasteiger charge is -2.27. The van der Waals surface area contributed by atoms with Gasteiger partial charge in [-0.15, -0.1) is 0 Å². The molecule has 2 aliphatic heterocycles. The summed E-state index contributed by atoms with van der Waals surface area (Å²) in [4.78, 5) is 24.2. The Balaban J connectivity index is 1.87. The molecule has 6 heteroatoms. The van der Waals surface area contributed by atoms with E-state index >= 15 is 0 Å². The third-order valence-corrected chi connectivity index (χ3v) is 3.76. The molecular formula is C12H20N2O4. The molecule has 2 saturated heterocycles. The highest BCUT2D eigenvalue weighted by Crippen LogP contribution is 2.23. The van der Waals surface area contributed by atoms with Gasteiger partial charge in [0.15, 0.2) is 0 Å². The number of hydrogen-bond donors (Lipinski definition) is 2. The Morgan fingerprint density at radius 1 is 1.56 bits per heavy atom. The van der Waals surface area contributed by atoms with Crippen LogP contribution < -0.4 is 5.32 Å². The highest BCUT2D eigenvalue weighted by atomic mass is 16.5. The fourth-order valence-corrected chi connectivity index (χ4v) is 2.57. The average molecular weight is 256 g/mol.